The third kappa shape index (κ3) is 58.1. The summed E-state index contributed by atoms with van der Waals surface area (Å²) in [6.45, 7) is -1.63. The molecule has 2 aliphatic heterocycles. The molecule has 0 saturated carbocycles. The van der Waals surface area contributed by atoms with Crippen LogP contribution in [0.15, 0.2) is 0 Å². The van der Waals surface area contributed by atoms with Gasteiger partial charge in [-0.15, -0.1) is 9.42 Å². The van der Waals surface area contributed by atoms with Crippen molar-refractivity contribution in [2.24, 2.45) is 28.7 Å². The number of aliphatic hydroxyl groups excluding tert-OH is 6. The molecule has 0 aliphatic carbocycles. The molecule has 2 saturated heterocycles. The maximum atomic E-state index is 13.8. The van der Waals surface area contributed by atoms with E-state index in [0.29, 0.717) is 77.0 Å². The van der Waals surface area contributed by atoms with Crippen LogP contribution in [0.4, 0.5) is 0 Å². The highest BCUT2D eigenvalue weighted by Crippen LogP contribution is 2.50. The average molecular weight is 1960 g/mol. The van der Waals surface area contributed by atoms with E-state index >= 15 is 0 Å². The molecule has 2 rings (SSSR count). The van der Waals surface area contributed by atoms with Gasteiger partial charge >= 0.3 is 65.3 Å². The number of esters is 3. The van der Waals surface area contributed by atoms with Gasteiger partial charge in [-0.2, -0.15) is 5.26 Å². The number of phosphoric ester groups is 5. The average Bonchev–Trinajstić information content (AvgIpc) is 0.816. The number of unbranched alkanes of at least 4 members (excludes halogenated alkanes) is 9. The van der Waals surface area contributed by atoms with E-state index in [-0.39, 0.29) is 190 Å². The Morgan fingerprint density at radius 2 is 0.881 bits per heavy atom. The van der Waals surface area contributed by atoms with Gasteiger partial charge in [0.05, 0.1) is 136 Å². The maximum absolute atomic E-state index is 13.8. The monoisotopic (exact) mass is 1950 g/mol. The molecule has 2 fully saturated rings. The van der Waals surface area contributed by atoms with Gasteiger partial charge in [0.1, 0.15) is 69.2 Å². The van der Waals surface area contributed by atoms with Crippen LogP contribution in [0.3, 0.4) is 0 Å². The zero-order valence-electron chi connectivity index (χ0n) is 72.3. The van der Waals surface area contributed by atoms with E-state index in [2.05, 4.69) is 4.52 Å². The standard InChI is InChI=1S/C71H137N3O46P6/c1-54-65(80)66(81)61(48-105-56(3)77)119-69(54)102-31-13-7-10-16-35-109-123(88,89)112-40-22-28-99-51-71(50-98-27-21-39-111-122(86,87)108-34-15-9-6-12-30-101-63(42-73)118-60(59(79)43-75)47-104-55(2)76,52-100-29-23-41-113-124(90,91)110-36-17-11-8-14-32-103-70-64(74)68(83)67(82)62(120-70)49-106-57(4)78)53-117-125(92,93)114-38-20-26-97-45-58(44-96-25-19-33-107-121(84)85)46-116-126(94,95-5)115-37-18-24-72/h54,58-70,75,79-83H,6-23,25-53,73-74H2,1-5H3,(H4-,84,85,86,87,88,89,90,91,92,93)/p+1/t54-,58?,59+,60?,61?,62?,63+,64-,65?,66-,67-,68?,69+,70+,71?,126?/m0/s1. The van der Waals surface area contributed by atoms with E-state index in [9.17, 15) is 92.0 Å². The number of rotatable bonds is 83. The number of carbonyl (C=O) groups is 3. The Balaban J connectivity index is 2.22. The Labute approximate surface area is 735 Å². The molecule has 15 N–H and O–H groups in total. The molecule has 2 heterocycles. The smallest absolute Gasteiger partial charge is 0.463 e. The Hall–Kier alpha value is -2.29. The number of nitrogens with two attached hydrogens (primary N) is 2. The molecule has 2 aliphatic rings. The number of carbonyl (C=O) groups excluding carboxylic acids is 3. The fourth-order valence-electron chi connectivity index (χ4n) is 11.1. The third-order valence-corrected chi connectivity index (χ3v) is 23.8. The third-order valence-electron chi connectivity index (χ3n) is 18.0. The van der Waals surface area contributed by atoms with Crippen LogP contribution >= 0.6 is 47.4 Å². The Bertz CT molecular complexity index is 3060. The molecule has 0 bridgehead atoms. The lowest BCUT2D eigenvalue weighted by Gasteiger charge is -2.41. The molecule has 0 aromatic carbocycles. The fourth-order valence-corrected chi connectivity index (χ4v) is 15.6. The second-order valence-corrected chi connectivity index (χ2v) is 37.3. The summed E-state index contributed by atoms with van der Waals surface area (Å²) in [6, 6.07) is 0.739. The van der Waals surface area contributed by atoms with E-state index in [1.54, 1.807) is 6.92 Å². The summed E-state index contributed by atoms with van der Waals surface area (Å²) >= 11 is 0. The minimum atomic E-state index is -5.03. The van der Waals surface area contributed by atoms with Crippen LogP contribution in [0.25, 0.3) is 0 Å². The quantitative estimate of drug-likeness (QED) is 0.0135. The predicted molar refractivity (Wildman–Crippen MR) is 435 cm³/mol. The summed E-state index contributed by atoms with van der Waals surface area (Å²) in [4.78, 5) is 85.6. The molecule has 0 spiro atoms. The predicted octanol–water partition coefficient (Wildman–Crippen LogP) is 3.82. The van der Waals surface area contributed by atoms with E-state index in [0.717, 1.165) is 7.11 Å². The normalized spacial score (nSPS) is 23.2. The summed E-state index contributed by atoms with van der Waals surface area (Å²) in [7, 11) is -24.7. The van der Waals surface area contributed by atoms with Crippen LogP contribution < -0.4 is 11.5 Å². The van der Waals surface area contributed by atoms with Gasteiger partial charge in [0.2, 0.25) is 0 Å². The lowest BCUT2D eigenvalue weighted by Crippen LogP contribution is -2.62. The number of hydrogen-bond acceptors (Lipinski definition) is 44. The highest BCUT2D eigenvalue weighted by molar-refractivity contribution is 7.48. The van der Waals surface area contributed by atoms with Crippen LogP contribution in [0.5, 0.6) is 0 Å². The van der Waals surface area contributed by atoms with E-state index in [1.165, 1.54) is 20.8 Å². The molecular formula is C71H138N3O46P6+. The summed E-state index contributed by atoms with van der Waals surface area (Å²) in [6.07, 6.45) is -7.20. The molecule has 49 nitrogen and oxygen atoms in total. The fraction of sp³-hybridized carbons (Fsp3) is 0.944. The van der Waals surface area contributed by atoms with E-state index in [1.807, 2.05) is 6.07 Å². The van der Waals surface area contributed by atoms with Crippen LogP contribution in [-0.2, 0) is 162 Å². The Kier molecular flexibility index (Phi) is 66.1. The van der Waals surface area contributed by atoms with Gasteiger partial charge in [-0.25, -0.2) is 22.8 Å². The lowest BCUT2D eigenvalue weighted by atomic mass is 9.92. The van der Waals surface area contributed by atoms with Crippen molar-refractivity contribution in [2.75, 3.05) is 199 Å². The lowest BCUT2D eigenvalue weighted by molar-refractivity contribution is -0.283. The van der Waals surface area contributed by atoms with Crippen molar-refractivity contribution in [3.63, 3.8) is 0 Å². The van der Waals surface area contributed by atoms with Crippen molar-refractivity contribution in [1.82, 2.24) is 0 Å². The first-order valence-electron chi connectivity index (χ1n) is 41.5. The van der Waals surface area contributed by atoms with Crippen molar-refractivity contribution in [1.29, 1.82) is 5.26 Å². The highest BCUT2D eigenvalue weighted by atomic mass is 31.2. The molecule has 742 valence electrons. The number of aliphatic hydroxyl groups is 6. The first kappa shape index (κ1) is 120. The highest BCUT2D eigenvalue weighted by Gasteiger charge is 2.46. The van der Waals surface area contributed by atoms with Crippen LogP contribution in [0.2, 0.25) is 0 Å². The number of nitrogens with zero attached hydrogens (tertiary/aromatic N) is 1. The summed E-state index contributed by atoms with van der Waals surface area (Å²) in [5.41, 5.74) is 10.2. The summed E-state index contributed by atoms with van der Waals surface area (Å²) in [5, 5.41) is 70.0. The van der Waals surface area contributed by atoms with Gasteiger partial charge in [-0.3, -0.25) is 64.1 Å². The SMILES string of the molecule is COP(=O)(OCCC#N)OCC(COCCCO[P+](=O)O)COCCCOP(=O)(O)OCC(COCCCOP(=O)(O)OCCCCCCO[C@@H](CN)OC(COC(C)=O)[C@H](O)CO)(COCCCOP(=O)(O)OCCCCCCO[C@@H]1OC(COC(C)=O)[C@H](O)C(O)[C@@H]1C)COCCCOP(=O)(O)OCCCCCCO[C@@H]1OC(COC(C)=O)[C@H](O)C(O)[C@@H]1N. The minimum Gasteiger partial charge on any atom is -0.463 e. The Morgan fingerprint density at radius 3 is 1.30 bits per heavy atom. The Morgan fingerprint density at radius 1 is 0.484 bits per heavy atom. The summed E-state index contributed by atoms with van der Waals surface area (Å²) in [5.74, 6) is -3.08. The van der Waals surface area contributed by atoms with Crippen molar-refractivity contribution >= 4 is 65.3 Å². The van der Waals surface area contributed by atoms with Gasteiger partial charge in [0.25, 0.3) is 0 Å². The number of phosphoric acid groups is 5. The molecule has 126 heavy (non-hydrogen) atoms. The first-order chi connectivity index (χ1) is 59.9. The van der Waals surface area contributed by atoms with Crippen LogP contribution in [0, 0.1) is 28.6 Å². The molecular weight excluding hydrogens is 1820 g/mol. The molecule has 13 unspecified atom stereocenters. The second-order valence-electron chi connectivity index (χ2n) is 29.0. The molecule has 0 aromatic rings. The van der Waals surface area contributed by atoms with Crippen molar-refractivity contribution in [3.8, 4) is 6.07 Å². The van der Waals surface area contributed by atoms with Gasteiger partial charge in [0, 0.05) is 104 Å². The molecule has 0 amide bonds. The van der Waals surface area contributed by atoms with Gasteiger partial charge < -0.3 is 128 Å². The van der Waals surface area contributed by atoms with Crippen molar-refractivity contribution < 1.29 is 217 Å². The van der Waals surface area contributed by atoms with Crippen LogP contribution in [0.1, 0.15) is 143 Å². The zero-order chi connectivity index (χ0) is 93.7. The van der Waals surface area contributed by atoms with Gasteiger partial charge in [-0.05, 0) is 70.6 Å². The maximum Gasteiger partial charge on any atom is 0.694 e. The second kappa shape index (κ2) is 69.5. The van der Waals surface area contributed by atoms with Gasteiger partial charge in [0.15, 0.2) is 18.9 Å². The number of ether oxygens (including phenoxy) is 14. The molecule has 21 atom stereocenters. The van der Waals surface area contributed by atoms with Crippen molar-refractivity contribution in [3.05, 3.63) is 0 Å². The van der Waals surface area contributed by atoms with E-state index in [4.69, 9.17) is 138 Å². The van der Waals surface area contributed by atoms with E-state index < -0.39 is 196 Å². The number of hydrogen-bond donors (Lipinski definition) is 13. The first-order valence-corrected chi connectivity index (χ1v) is 50.1. The molecule has 55 heteroatoms. The zero-order valence-corrected chi connectivity index (χ0v) is 77.7. The van der Waals surface area contributed by atoms with Crippen LogP contribution in [-0.4, -0.2) is 345 Å². The molecule has 0 radical (unpaired) electrons. The number of nitriles is 1. The summed E-state index contributed by atoms with van der Waals surface area (Å²) < 4.78 is 217. The molecule has 0 aromatic heterocycles. The topological polar surface area (TPSA) is 692 Å². The largest absolute Gasteiger partial charge is 0.694 e. The van der Waals surface area contributed by atoms with Crippen molar-refractivity contribution in [2.45, 2.75) is 217 Å². The van der Waals surface area contributed by atoms with Gasteiger partial charge in [-0.1, -0.05) is 45.4 Å². The minimum absolute atomic E-state index is 0.0235.